The van der Waals surface area contributed by atoms with Crippen molar-refractivity contribution >= 4 is 11.6 Å². The van der Waals surface area contributed by atoms with Crippen molar-refractivity contribution < 1.29 is 9.59 Å². The highest BCUT2D eigenvalue weighted by molar-refractivity contribution is 5.86. The van der Waals surface area contributed by atoms with E-state index in [1.807, 2.05) is 13.8 Å². The zero-order chi connectivity index (χ0) is 10.4. The predicted molar refractivity (Wildman–Crippen MR) is 52.6 cm³/mol. The molecule has 0 aliphatic heterocycles. The minimum atomic E-state index is -0.163. The molecule has 3 heteroatoms. The van der Waals surface area contributed by atoms with Gasteiger partial charge in [-0.25, -0.2) is 0 Å². The number of hydrogen-bond acceptors (Lipinski definition) is 3. The summed E-state index contributed by atoms with van der Waals surface area (Å²) in [4.78, 5) is 22.2. The summed E-state index contributed by atoms with van der Waals surface area (Å²) in [6, 6.07) is -0.163. The lowest BCUT2D eigenvalue weighted by Gasteiger charge is -2.16. The van der Waals surface area contributed by atoms with Crippen LogP contribution in [-0.4, -0.2) is 24.7 Å². The Morgan fingerprint density at radius 2 is 1.85 bits per heavy atom. The Labute approximate surface area is 79.9 Å². The Morgan fingerprint density at radius 1 is 1.31 bits per heavy atom. The fourth-order valence-electron chi connectivity index (χ4n) is 1.18. The van der Waals surface area contributed by atoms with Gasteiger partial charge in [0.05, 0.1) is 6.04 Å². The molecule has 0 saturated carbocycles. The van der Waals surface area contributed by atoms with Gasteiger partial charge in [-0.15, -0.1) is 0 Å². The molecular formula is C10H19NO2. The zero-order valence-electron chi connectivity index (χ0n) is 8.89. The molecule has 1 atom stereocenters. The van der Waals surface area contributed by atoms with Crippen molar-refractivity contribution in [2.75, 3.05) is 7.05 Å². The van der Waals surface area contributed by atoms with E-state index in [0.717, 1.165) is 0 Å². The normalized spacial score (nSPS) is 13.0. The summed E-state index contributed by atoms with van der Waals surface area (Å²) in [5.74, 6) is 0.352. The molecule has 76 valence electrons. The number of rotatable bonds is 6. The first-order valence-corrected chi connectivity index (χ1v) is 4.69. The molecule has 0 aliphatic rings. The fraction of sp³-hybridized carbons (Fsp3) is 0.800. The summed E-state index contributed by atoms with van der Waals surface area (Å²) in [7, 11) is 1.76. The molecule has 0 rings (SSSR count). The van der Waals surface area contributed by atoms with Crippen LogP contribution in [0.2, 0.25) is 0 Å². The number of nitrogens with one attached hydrogen (secondary N) is 1. The Morgan fingerprint density at radius 3 is 2.15 bits per heavy atom. The quantitative estimate of drug-likeness (QED) is 0.675. The minimum absolute atomic E-state index is 0.0319. The van der Waals surface area contributed by atoms with E-state index in [1.165, 1.54) is 0 Å². The molecule has 0 saturated heterocycles. The summed E-state index contributed by atoms with van der Waals surface area (Å²) >= 11 is 0. The van der Waals surface area contributed by atoms with E-state index in [9.17, 15) is 9.59 Å². The van der Waals surface area contributed by atoms with Crippen molar-refractivity contribution in [1.29, 1.82) is 0 Å². The second kappa shape index (κ2) is 5.86. The Hall–Kier alpha value is -0.700. The van der Waals surface area contributed by atoms with Crippen LogP contribution >= 0.6 is 0 Å². The van der Waals surface area contributed by atoms with Gasteiger partial charge in [0, 0.05) is 12.3 Å². The molecule has 0 aromatic heterocycles. The van der Waals surface area contributed by atoms with Gasteiger partial charge in [-0.2, -0.15) is 0 Å². The van der Waals surface area contributed by atoms with E-state index in [2.05, 4.69) is 5.32 Å². The van der Waals surface area contributed by atoms with Crippen LogP contribution in [0.15, 0.2) is 0 Å². The number of hydrogen-bond donors (Lipinski definition) is 1. The van der Waals surface area contributed by atoms with Gasteiger partial charge < -0.3 is 10.1 Å². The first kappa shape index (κ1) is 12.3. The van der Waals surface area contributed by atoms with Gasteiger partial charge in [0.2, 0.25) is 0 Å². The third kappa shape index (κ3) is 4.78. The maximum Gasteiger partial charge on any atom is 0.152 e. The van der Waals surface area contributed by atoms with Crippen molar-refractivity contribution in [2.45, 2.75) is 39.7 Å². The minimum Gasteiger partial charge on any atom is -0.311 e. The average Bonchev–Trinajstić information content (AvgIpc) is 2.04. The number of carbonyl (C=O) groups is 2. The van der Waals surface area contributed by atoms with Gasteiger partial charge >= 0.3 is 0 Å². The monoisotopic (exact) mass is 185 g/mol. The van der Waals surface area contributed by atoms with E-state index < -0.39 is 0 Å². The smallest absolute Gasteiger partial charge is 0.152 e. The zero-order valence-corrected chi connectivity index (χ0v) is 8.89. The molecule has 0 radical (unpaired) electrons. The van der Waals surface area contributed by atoms with E-state index in [0.29, 0.717) is 12.8 Å². The highest BCUT2D eigenvalue weighted by atomic mass is 16.1. The largest absolute Gasteiger partial charge is 0.311 e. The van der Waals surface area contributed by atoms with Crippen molar-refractivity contribution in [1.82, 2.24) is 5.32 Å². The van der Waals surface area contributed by atoms with Gasteiger partial charge in [0.15, 0.2) is 5.78 Å². The van der Waals surface area contributed by atoms with Gasteiger partial charge in [-0.1, -0.05) is 13.8 Å². The van der Waals surface area contributed by atoms with Crippen LogP contribution in [-0.2, 0) is 9.59 Å². The van der Waals surface area contributed by atoms with E-state index >= 15 is 0 Å². The van der Waals surface area contributed by atoms with Gasteiger partial charge in [0.1, 0.15) is 5.78 Å². The van der Waals surface area contributed by atoms with Crippen molar-refractivity contribution in [3.8, 4) is 0 Å². The molecule has 1 unspecified atom stereocenters. The molecule has 0 bridgehead atoms. The average molecular weight is 185 g/mol. The van der Waals surface area contributed by atoms with E-state index in [1.54, 1.807) is 14.0 Å². The first-order valence-electron chi connectivity index (χ1n) is 4.69. The van der Waals surface area contributed by atoms with Gasteiger partial charge in [-0.3, -0.25) is 4.79 Å². The first-order chi connectivity index (χ1) is 5.99. The van der Waals surface area contributed by atoms with Gasteiger partial charge in [-0.05, 0) is 20.4 Å². The number of carbonyl (C=O) groups excluding carboxylic acids is 2. The van der Waals surface area contributed by atoms with Gasteiger partial charge in [0.25, 0.3) is 0 Å². The molecule has 1 N–H and O–H groups in total. The summed E-state index contributed by atoms with van der Waals surface area (Å²) in [6.07, 6.45) is 1.09. The van der Waals surface area contributed by atoms with Crippen molar-refractivity contribution in [2.24, 2.45) is 5.92 Å². The maximum atomic E-state index is 11.5. The van der Waals surface area contributed by atoms with Crippen LogP contribution < -0.4 is 5.32 Å². The second-order valence-electron chi connectivity index (χ2n) is 3.64. The van der Waals surface area contributed by atoms with Crippen LogP contribution in [0.4, 0.5) is 0 Å². The summed E-state index contributed by atoms with van der Waals surface area (Å²) in [6.45, 7) is 5.30. The molecule has 0 heterocycles. The Balaban J connectivity index is 4.02. The SMILES string of the molecule is CNC(CCC(C)=O)C(=O)C(C)C. The predicted octanol–water partition coefficient (Wildman–Crippen LogP) is 1.17. The van der Waals surface area contributed by atoms with Crippen molar-refractivity contribution in [3.05, 3.63) is 0 Å². The lowest BCUT2D eigenvalue weighted by atomic mass is 9.97. The molecule has 0 aromatic rings. The molecule has 0 amide bonds. The lowest BCUT2D eigenvalue weighted by Crippen LogP contribution is -2.37. The number of ketones is 2. The van der Waals surface area contributed by atoms with Crippen LogP contribution in [0.25, 0.3) is 0 Å². The molecule has 3 nitrogen and oxygen atoms in total. The van der Waals surface area contributed by atoms with Crippen molar-refractivity contribution in [3.63, 3.8) is 0 Å². The van der Waals surface area contributed by atoms with Crippen LogP contribution in [0.1, 0.15) is 33.6 Å². The Kier molecular flexibility index (Phi) is 5.55. The summed E-state index contributed by atoms with van der Waals surface area (Å²) < 4.78 is 0. The molecule has 0 fully saturated rings. The molecule has 13 heavy (non-hydrogen) atoms. The molecule has 0 aromatic carbocycles. The van der Waals surface area contributed by atoms with Crippen LogP contribution in [0.3, 0.4) is 0 Å². The third-order valence-corrected chi connectivity index (χ3v) is 2.05. The topological polar surface area (TPSA) is 46.2 Å². The third-order valence-electron chi connectivity index (χ3n) is 2.05. The highest BCUT2D eigenvalue weighted by Gasteiger charge is 2.19. The molecular weight excluding hydrogens is 166 g/mol. The maximum absolute atomic E-state index is 11.5. The second-order valence-corrected chi connectivity index (χ2v) is 3.64. The fourth-order valence-corrected chi connectivity index (χ4v) is 1.18. The van der Waals surface area contributed by atoms with Crippen LogP contribution in [0, 0.1) is 5.92 Å². The Bertz CT molecular complexity index is 187. The summed E-state index contributed by atoms with van der Waals surface area (Å²) in [5.41, 5.74) is 0. The molecule has 0 spiro atoms. The summed E-state index contributed by atoms with van der Waals surface area (Å²) in [5, 5.41) is 2.94. The lowest BCUT2D eigenvalue weighted by molar-refractivity contribution is -0.124. The number of Topliss-reactive ketones (excluding diaryl/α,β-unsaturated/α-hetero) is 2. The van der Waals surface area contributed by atoms with Crippen LogP contribution in [0.5, 0.6) is 0 Å². The van der Waals surface area contributed by atoms with E-state index in [4.69, 9.17) is 0 Å². The molecule has 0 aliphatic carbocycles. The standard InChI is InChI=1S/C10H19NO2/c1-7(2)10(13)9(11-4)6-5-8(3)12/h7,9,11H,5-6H2,1-4H3. The van der Waals surface area contributed by atoms with E-state index in [-0.39, 0.29) is 23.5 Å². The highest BCUT2D eigenvalue weighted by Crippen LogP contribution is 2.05. The number of likely N-dealkylation sites (N-methyl/N-ethyl adjacent to an activating group) is 1.